The molecule has 0 radical (unpaired) electrons. The van der Waals surface area contributed by atoms with Crippen LogP contribution in [-0.2, 0) is 20.0 Å². The van der Waals surface area contributed by atoms with Crippen LogP contribution in [0.25, 0.3) is 0 Å². The van der Waals surface area contributed by atoms with Crippen molar-refractivity contribution in [3.8, 4) is 0 Å². The van der Waals surface area contributed by atoms with Gasteiger partial charge in [-0.1, -0.05) is 0 Å². The highest BCUT2D eigenvalue weighted by atomic mass is 79.9. The summed E-state index contributed by atoms with van der Waals surface area (Å²) in [7, 11) is -5.77. The molecule has 0 bridgehead atoms. The number of halogens is 1. The van der Waals surface area contributed by atoms with E-state index in [4.69, 9.17) is 0 Å². The Balaban J connectivity index is 2.72. The summed E-state index contributed by atoms with van der Waals surface area (Å²) in [5.74, 6) is -0.297. The minimum Gasteiger partial charge on any atom is -0.218 e. The van der Waals surface area contributed by atoms with Crippen molar-refractivity contribution in [2.75, 3.05) is 19.3 Å². The topological polar surface area (TPSA) is 92.3 Å². The van der Waals surface area contributed by atoms with Crippen molar-refractivity contribution in [1.29, 1.82) is 0 Å². The molecule has 10 heteroatoms. The second-order valence-corrected chi connectivity index (χ2v) is 9.85. The summed E-state index contributed by atoms with van der Waals surface area (Å²) in [5, 5.41) is 0. The van der Waals surface area contributed by atoms with Crippen LogP contribution < -0.4 is 9.44 Å². The first-order valence-electron chi connectivity index (χ1n) is 4.85. The first kappa shape index (κ1) is 16.1. The lowest BCUT2D eigenvalue weighted by Gasteiger charge is -2.04. The van der Waals surface area contributed by atoms with Crippen molar-refractivity contribution in [3.63, 3.8) is 0 Å². The highest BCUT2D eigenvalue weighted by Crippen LogP contribution is 2.30. The Hall–Kier alpha value is -0.0000000000000000833. The van der Waals surface area contributed by atoms with E-state index in [9.17, 15) is 16.8 Å². The molecule has 104 valence electrons. The molecule has 0 unspecified atom stereocenters. The largest absolute Gasteiger partial charge is 0.250 e. The third-order valence-electron chi connectivity index (χ3n) is 2.07. The molecule has 0 saturated heterocycles. The monoisotopic (exact) mass is 376 g/mol. The molecule has 0 saturated carbocycles. The van der Waals surface area contributed by atoms with Gasteiger partial charge in [0.25, 0.3) is 0 Å². The van der Waals surface area contributed by atoms with Crippen molar-refractivity contribution in [2.45, 2.75) is 11.1 Å². The van der Waals surface area contributed by atoms with Crippen molar-refractivity contribution >= 4 is 47.3 Å². The van der Waals surface area contributed by atoms with E-state index in [1.165, 1.54) is 13.1 Å². The van der Waals surface area contributed by atoms with Crippen molar-refractivity contribution in [2.24, 2.45) is 0 Å². The van der Waals surface area contributed by atoms with Crippen LogP contribution in [0, 0.1) is 6.92 Å². The highest BCUT2D eigenvalue weighted by molar-refractivity contribution is 9.11. The van der Waals surface area contributed by atoms with Crippen LogP contribution >= 0.6 is 27.3 Å². The summed E-state index contributed by atoms with van der Waals surface area (Å²) in [5.41, 5.74) is 0.822. The first-order chi connectivity index (χ1) is 8.18. The summed E-state index contributed by atoms with van der Waals surface area (Å²) < 4.78 is 51.2. The maximum atomic E-state index is 11.8. The van der Waals surface area contributed by atoms with Crippen LogP contribution in [0.5, 0.6) is 0 Å². The zero-order chi connectivity index (χ0) is 14.0. The summed E-state index contributed by atoms with van der Waals surface area (Å²) >= 11 is 4.33. The van der Waals surface area contributed by atoms with Gasteiger partial charge in [0.05, 0.1) is 9.54 Å². The lowest BCUT2D eigenvalue weighted by Crippen LogP contribution is -2.32. The van der Waals surface area contributed by atoms with E-state index in [0.29, 0.717) is 0 Å². The van der Waals surface area contributed by atoms with Crippen LogP contribution in [0.4, 0.5) is 0 Å². The molecule has 1 heterocycles. The van der Waals surface area contributed by atoms with Gasteiger partial charge in [-0.25, -0.2) is 26.3 Å². The molecule has 1 aromatic rings. The van der Waals surface area contributed by atoms with Crippen LogP contribution in [0.1, 0.15) is 5.56 Å². The summed E-state index contributed by atoms with van der Waals surface area (Å²) in [6, 6.07) is 1.53. The number of sulfonamides is 2. The van der Waals surface area contributed by atoms with E-state index in [1.54, 1.807) is 6.92 Å². The number of rotatable bonds is 6. The van der Waals surface area contributed by atoms with Crippen LogP contribution in [0.3, 0.4) is 0 Å². The van der Waals surface area contributed by atoms with Gasteiger partial charge < -0.3 is 0 Å². The maximum Gasteiger partial charge on any atom is 0.250 e. The van der Waals surface area contributed by atoms with E-state index >= 15 is 0 Å². The SMILES string of the molecule is CNS(=O)(=O)CCNS(=O)(=O)c1cc(C)c(Br)s1. The lowest BCUT2D eigenvalue weighted by molar-refractivity contribution is 0.580. The van der Waals surface area contributed by atoms with Gasteiger partial charge in [-0.15, -0.1) is 11.3 Å². The molecule has 18 heavy (non-hydrogen) atoms. The molecular weight excluding hydrogens is 364 g/mol. The molecule has 1 rings (SSSR count). The smallest absolute Gasteiger partial charge is 0.218 e. The van der Waals surface area contributed by atoms with E-state index in [2.05, 4.69) is 25.4 Å². The molecule has 2 N–H and O–H groups in total. The molecule has 0 aliphatic rings. The molecule has 0 amide bonds. The summed E-state index contributed by atoms with van der Waals surface area (Å²) in [6.45, 7) is 1.62. The van der Waals surface area contributed by atoms with Gasteiger partial charge in [0.2, 0.25) is 20.0 Å². The molecule has 6 nitrogen and oxygen atoms in total. The quantitative estimate of drug-likeness (QED) is 0.761. The van der Waals surface area contributed by atoms with Crippen LogP contribution in [0.15, 0.2) is 14.1 Å². The van der Waals surface area contributed by atoms with Gasteiger partial charge in [-0.3, -0.25) is 0 Å². The fraction of sp³-hybridized carbons (Fsp3) is 0.500. The standard InChI is InChI=1S/C8H13BrN2O4S3/c1-6-5-7(16-8(6)9)18(14,15)11-3-4-17(12,13)10-2/h5,10-11H,3-4H2,1-2H3. The van der Waals surface area contributed by atoms with E-state index in [-0.39, 0.29) is 16.5 Å². The Kier molecular flexibility index (Phi) is 5.32. The Morgan fingerprint density at radius 1 is 1.33 bits per heavy atom. The summed E-state index contributed by atoms with van der Waals surface area (Å²) in [6.07, 6.45) is 0. The predicted octanol–water partition coefficient (Wildman–Crippen LogP) is 0.647. The van der Waals surface area contributed by atoms with Gasteiger partial charge >= 0.3 is 0 Å². The fourth-order valence-corrected chi connectivity index (χ4v) is 5.05. The number of nitrogens with one attached hydrogen (secondary N) is 2. The third-order valence-corrected chi connectivity index (χ3v) is 7.51. The van der Waals surface area contributed by atoms with Gasteiger partial charge in [-0.2, -0.15) is 0 Å². The van der Waals surface area contributed by atoms with Gasteiger partial charge in [-0.05, 0) is 41.5 Å². The van der Waals surface area contributed by atoms with Crippen LogP contribution in [0.2, 0.25) is 0 Å². The molecule has 1 aromatic heterocycles. The average molecular weight is 377 g/mol. The zero-order valence-corrected chi connectivity index (χ0v) is 13.8. The zero-order valence-electron chi connectivity index (χ0n) is 9.73. The maximum absolute atomic E-state index is 11.8. The van der Waals surface area contributed by atoms with E-state index < -0.39 is 20.0 Å². The molecule has 0 aromatic carbocycles. The Labute approximate surface area is 119 Å². The number of hydrogen-bond donors (Lipinski definition) is 2. The number of thiophene rings is 1. The Bertz CT molecular complexity index is 601. The minimum atomic E-state index is -3.65. The molecule has 0 aliphatic heterocycles. The van der Waals surface area contributed by atoms with Gasteiger partial charge in [0.1, 0.15) is 4.21 Å². The van der Waals surface area contributed by atoms with Crippen molar-refractivity contribution in [3.05, 3.63) is 15.4 Å². The number of aryl methyl sites for hydroxylation is 1. The van der Waals surface area contributed by atoms with E-state index in [1.807, 2.05) is 0 Å². The molecule has 0 aliphatic carbocycles. The van der Waals surface area contributed by atoms with Crippen LogP contribution in [-0.4, -0.2) is 36.2 Å². The Morgan fingerprint density at radius 3 is 2.39 bits per heavy atom. The fourth-order valence-electron chi connectivity index (χ4n) is 1.05. The summed E-state index contributed by atoms with van der Waals surface area (Å²) in [4.78, 5) is 0. The normalized spacial score (nSPS) is 12.8. The average Bonchev–Trinajstić information content (AvgIpc) is 2.59. The second kappa shape index (κ2) is 5.97. The first-order valence-corrected chi connectivity index (χ1v) is 9.59. The lowest BCUT2D eigenvalue weighted by atomic mass is 10.4. The molecular formula is C8H13BrN2O4S3. The minimum absolute atomic E-state index is 0.161. The van der Waals surface area contributed by atoms with Crippen molar-refractivity contribution < 1.29 is 16.8 Å². The van der Waals surface area contributed by atoms with Gasteiger partial charge in [0.15, 0.2) is 0 Å². The van der Waals surface area contributed by atoms with E-state index in [0.717, 1.165) is 20.7 Å². The number of hydrogen-bond acceptors (Lipinski definition) is 5. The van der Waals surface area contributed by atoms with Crippen molar-refractivity contribution in [1.82, 2.24) is 9.44 Å². The predicted molar refractivity (Wildman–Crippen MR) is 74.8 cm³/mol. The molecule has 0 fully saturated rings. The van der Waals surface area contributed by atoms with Gasteiger partial charge in [0, 0.05) is 6.54 Å². The highest BCUT2D eigenvalue weighted by Gasteiger charge is 2.18. The molecule has 0 atom stereocenters. The third kappa shape index (κ3) is 4.28. The second-order valence-electron chi connectivity index (χ2n) is 3.44. The molecule has 0 spiro atoms. The Morgan fingerprint density at radius 2 is 1.94 bits per heavy atom.